The zero-order chi connectivity index (χ0) is 15.0. The van der Waals surface area contributed by atoms with E-state index in [9.17, 15) is 4.79 Å². The zero-order valence-electron chi connectivity index (χ0n) is 12.3. The molecule has 1 fully saturated rings. The molecule has 3 rings (SSSR count). The second-order valence-electron chi connectivity index (χ2n) is 5.96. The highest BCUT2D eigenvalue weighted by Crippen LogP contribution is 2.28. The van der Waals surface area contributed by atoms with Crippen molar-refractivity contribution >= 4 is 28.4 Å². The average Bonchev–Trinajstić information content (AvgIpc) is 2.96. The summed E-state index contributed by atoms with van der Waals surface area (Å²) in [5.74, 6) is 0.464. The molecule has 0 N–H and O–H groups in total. The molecule has 4 heteroatoms. The van der Waals surface area contributed by atoms with Gasteiger partial charge in [-0.3, -0.25) is 4.79 Å². The molecule has 0 saturated carbocycles. The van der Waals surface area contributed by atoms with Crippen LogP contribution in [0.3, 0.4) is 0 Å². The van der Waals surface area contributed by atoms with Crippen LogP contribution in [0.5, 0.6) is 0 Å². The molecule has 21 heavy (non-hydrogen) atoms. The molecular formula is C17H19ClN2O. The van der Waals surface area contributed by atoms with Gasteiger partial charge in [0.15, 0.2) is 0 Å². The number of para-hydroxylation sites is 1. The minimum atomic E-state index is -0.00106. The monoisotopic (exact) mass is 302 g/mol. The summed E-state index contributed by atoms with van der Waals surface area (Å²) in [4.78, 5) is 19.2. The van der Waals surface area contributed by atoms with E-state index in [0.29, 0.717) is 22.7 Å². The molecule has 0 aliphatic carbocycles. The topological polar surface area (TPSA) is 33.2 Å². The average molecular weight is 303 g/mol. The quantitative estimate of drug-likeness (QED) is 0.835. The van der Waals surface area contributed by atoms with Gasteiger partial charge in [-0.2, -0.15) is 0 Å². The lowest BCUT2D eigenvalue weighted by molar-refractivity contribution is 0.0696. The number of pyridine rings is 1. The van der Waals surface area contributed by atoms with Crippen molar-refractivity contribution in [2.45, 2.75) is 32.7 Å². The van der Waals surface area contributed by atoms with Crippen molar-refractivity contribution in [3.8, 4) is 0 Å². The van der Waals surface area contributed by atoms with E-state index < -0.39 is 0 Å². The van der Waals surface area contributed by atoms with Gasteiger partial charge in [-0.05, 0) is 30.9 Å². The molecule has 110 valence electrons. The maximum absolute atomic E-state index is 12.8. The van der Waals surface area contributed by atoms with Gasteiger partial charge in [-0.15, -0.1) is 0 Å². The van der Waals surface area contributed by atoms with E-state index in [-0.39, 0.29) is 5.91 Å². The Morgan fingerprint density at radius 3 is 2.90 bits per heavy atom. The summed E-state index contributed by atoms with van der Waals surface area (Å²) in [5, 5.41) is 1.47. The fourth-order valence-electron chi connectivity index (χ4n) is 3.13. The molecule has 1 unspecified atom stereocenters. The molecule has 2 aromatic rings. The summed E-state index contributed by atoms with van der Waals surface area (Å²) < 4.78 is 0. The summed E-state index contributed by atoms with van der Waals surface area (Å²) in [6.45, 7) is 5.14. The smallest absolute Gasteiger partial charge is 0.272 e. The highest BCUT2D eigenvalue weighted by atomic mass is 35.5. The Bertz CT molecular complexity index is 684. The van der Waals surface area contributed by atoms with Crippen LogP contribution < -0.4 is 0 Å². The van der Waals surface area contributed by atoms with Gasteiger partial charge in [0.05, 0.1) is 10.5 Å². The van der Waals surface area contributed by atoms with Crippen LogP contribution in [0.15, 0.2) is 30.3 Å². The van der Waals surface area contributed by atoms with Crippen LogP contribution in [-0.2, 0) is 0 Å². The molecule has 1 atom stereocenters. The van der Waals surface area contributed by atoms with Crippen LogP contribution in [0.1, 0.15) is 37.2 Å². The predicted octanol–water partition coefficient (Wildman–Crippen LogP) is 4.15. The number of benzene rings is 1. The first-order valence-corrected chi connectivity index (χ1v) is 7.82. The predicted molar refractivity (Wildman–Crippen MR) is 85.6 cm³/mol. The third kappa shape index (κ3) is 2.62. The molecule has 1 aliphatic heterocycles. The fourth-order valence-corrected chi connectivity index (χ4v) is 3.39. The van der Waals surface area contributed by atoms with E-state index in [2.05, 4.69) is 18.8 Å². The van der Waals surface area contributed by atoms with Crippen LogP contribution in [0.4, 0.5) is 0 Å². The van der Waals surface area contributed by atoms with Crippen molar-refractivity contribution in [1.29, 1.82) is 0 Å². The number of rotatable bonds is 2. The lowest BCUT2D eigenvalue weighted by atomic mass is 10.0. The first-order chi connectivity index (χ1) is 10.1. The van der Waals surface area contributed by atoms with E-state index in [1.807, 2.05) is 29.2 Å². The molecule has 0 radical (unpaired) electrons. The first kappa shape index (κ1) is 14.3. The summed E-state index contributed by atoms with van der Waals surface area (Å²) >= 11 is 6.30. The number of carbonyl (C=O) groups excluding carboxylic acids is 1. The van der Waals surface area contributed by atoms with Crippen LogP contribution >= 0.6 is 11.6 Å². The number of likely N-dealkylation sites (tertiary alicyclic amines) is 1. The Morgan fingerprint density at radius 2 is 2.14 bits per heavy atom. The second kappa shape index (κ2) is 5.64. The molecule has 1 aromatic carbocycles. The molecule has 0 bridgehead atoms. The van der Waals surface area contributed by atoms with Gasteiger partial charge in [-0.1, -0.05) is 43.6 Å². The minimum absolute atomic E-state index is 0.00106. The molecule has 1 saturated heterocycles. The number of amides is 1. The third-order valence-corrected chi connectivity index (χ3v) is 4.53. The van der Waals surface area contributed by atoms with Crippen LogP contribution in [0.2, 0.25) is 5.02 Å². The summed E-state index contributed by atoms with van der Waals surface area (Å²) in [5.41, 5.74) is 1.22. The highest BCUT2D eigenvalue weighted by Gasteiger charge is 2.32. The number of fused-ring (bicyclic) bond motifs is 1. The Kier molecular flexibility index (Phi) is 3.85. The van der Waals surface area contributed by atoms with E-state index in [4.69, 9.17) is 11.6 Å². The Hall–Kier alpha value is -1.61. The Morgan fingerprint density at radius 1 is 1.38 bits per heavy atom. The van der Waals surface area contributed by atoms with Crippen molar-refractivity contribution in [3.05, 3.63) is 41.0 Å². The fraction of sp³-hybridized carbons (Fsp3) is 0.412. The van der Waals surface area contributed by atoms with Crippen molar-refractivity contribution in [2.24, 2.45) is 5.92 Å². The van der Waals surface area contributed by atoms with Gasteiger partial charge >= 0.3 is 0 Å². The number of carbonyl (C=O) groups is 1. The third-order valence-electron chi connectivity index (χ3n) is 4.21. The number of halogens is 1. The summed E-state index contributed by atoms with van der Waals surface area (Å²) in [7, 11) is 0. The van der Waals surface area contributed by atoms with Gasteiger partial charge in [0.1, 0.15) is 5.69 Å². The minimum Gasteiger partial charge on any atom is -0.334 e. The van der Waals surface area contributed by atoms with E-state index in [0.717, 1.165) is 30.3 Å². The van der Waals surface area contributed by atoms with Crippen LogP contribution in [0.25, 0.3) is 10.9 Å². The van der Waals surface area contributed by atoms with Crippen molar-refractivity contribution in [1.82, 2.24) is 9.88 Å². The molecule has 1 amide bonds. The lowest BCUT2D eigenvalue weighted by Crippen LogP contribution is -2.38. The van der Waals surface area contributed by atoms with E-state index in [1.54, 1.807) is 6.07 Å². The van der Waals surface area contributed by atoms with Crippen molar-refractivity contribution < 1.29 is 4.79 Å². The normalized spacial score (nSPS) is 18.7. The number of aromatic nitrogens is 1. The Balaban J connectivity index is 1.98. The van der Waals surface area contributed by atoms with E-state index in [1.165, 1.54) is 0 Å². The molecular weight excluding hydrogens is 284 g/mol. The Labute approximate surface area is 129 Å². The van der Waals surface area contributed by atoms with Gasteiger partial charge in [0, 0.05) is 18.0 Å². The van der Waals surface area contributed by atoms with Gasteiger partial charge in [0.25, 0.3) is 5.91 Å². The van der Waals surface area contributed by atoms with Crippen LogP contribution in [0, 0.1) is 5.92 Å². The van der Waals surface area contributed by atoms with Crippen LogP contribution in [-0.4, -0.2) is 28.4 Å². The van der Waals surface area contributed by atoms with Gasteiger partial charge < -0.3 is 4.90 Å². The van der Waals surface area contributed by atoms with Crippen molar-refractivity contribution in [2.75, 3.05) is 6.54 Å². The molecule has 3 nitrogen and oxygen atoms in total. The largest absolute Gasteiger partial charge is 0.334 e. The standard InChI is InChI=1S/C17H19ClN2O/c1-11(2)16-8-5-9-20(16)17(21)15-10-13(18)12-6-3-4-7-14(12)19-15/h3-4,6-7,10-11,16H,5,8-9H2,1-2H3. The van der Waals surface area contributed by atoms with Gasteiger partial charge in [-0.25, -0.2) is 4.98 Å². The second-order valence-corrected chi connectivity index (χ2v) is 6.37. The maximum Gasteiger partial charge on any atom is 0.272 e. The molecule has 1 aliphatic rings. The first-order valence-electron chi connectivity index (χ1n) is 7.44. The SMILES string of the molecule is CC(C)C1CCCN1C(=O)c1cc(Cl)c2ccccc2n1. The van der Waals surface area contributed by atoms with Gasteiger partial charge in [0.2, 0.25) is 0 Å². The maximum atomic E-state index is 12.8. The molecule has 0 spiro atoms. The number of hydrogen-bond acceptors (Lipinski definition) is 2. The summed E-state index contributed by atoms with van der Waals surface area (Å²) in [6, 6.07) is 9.65. The molecule has 1 aromatic heterocycles. The summed E-state index contributed by atoms with van der Waals surface area (Å²) in [6.07, 6.45) is 2.14. The van der Waals surface area contributed by atoms with E-state index >= 15 is 0 Å². The molecule has 2 heterocycles. The lowest BCUT2D eigenvalue weighted by Gasteiger charge is -2.27. The zero-order valence-corrected chi connectivity index (χ0v) is 13.1. The van der Waals surface area contributed by atoms with Crippen molar-refractivity contribution in [3.63, 3.8) is 0 Å². The number of nitrogens with zero attached hydrogens (tertiary/aromatic N) is 2. The highest BCUT2D eigenvalue weighted by molar-refractivity contribution is 6.35. The number of hydrogen-bond donors (Lipinski definition) is 0.